The number of rotatable bonds is 6. The lowest BCUT2D eigenvalue weighted by molar-refractivity contribution is -0.121. The number of carbonyl (C=O) groups is 1. The van der Waals surface area contributed by atoms with Crippen LogP contribution in [-0.2, 0) is 14.8 Å². The maximum atomic E-state index is 14.3. The van der Waals surface area contributed by atoms with Gasteiger partial charge in [-0.3, -0.25) is 14.4 Å². The highest BCUT2D eigenvalue weighted by Crippen LogP contribution is 2.29. The third kappa shape index (κ3) is 4.99. The number of halogens is 2. The van der Waals surface area contributed by atoms with Crippen molar-refractivity contribution in [3.8, 4) is 0 Å². The van der Waals surface area contributed by atoms with Crippen LogP contribution < -0.4 is 14.5 Å². The lowest BCUT2D eigenvalue weighted by Crippen LogP contribution is -2.52. The Bertz CT molecular complexity index is 1320. The normalized spacial score (nSPS) is 19.4. The van der Waals surface area contributed by atoms with Crippen molar-refractivity contribution in [3.63, 3.8) is 0 Å². The molecule has 5 rings (SSSR count). The molecule has 0 saturated carbocycles. The zero-order valence-corrected chi connectivity index (χ0v) is 21.0. The van der Waals surface area contributed by atoms with Crippen LogP contribution in [0, 0.1) is 5.82 Å². The molecule has 2 saturated heterocycles. The molecular formula is C23H25ClFN5O3S2. The van der Waals surface area contributed by atoms with E-state index in [-0.39, 0.29) is 24.1 Å². The Labute approximate surface area is 213 Å². The molecule has 3 heterocycles. The summed E-state index contributed by atoms with van der Waals surface area (Å²) in [5, 5.41) is 2.35. The van der Waals surface area contributed by atoms with Crippen molar-refractivity contribution >= 4 is 55.4 Å². The number of thiazole rings is 1. The second kappa shape index (κ2) is 9.73. The van der Waals surface area contributed by atoms with Crippen LogP contribution in [0.5, 0.6) is 0 Å². The number of nitrogens with zero attached hydrogens (tertiary/aromatic N) is 4. The highest BCUT2D eigenvalue weighted by atomic mass is 35.5. The molecule has 0 radical (unpaired) electrons. The van der Waals surface area contributed by atoms with Gasteiger partial charge >= 0.3 is 0 Å². The van der Waals surface area contributed by atoms with Gasteiger partial charge in [0, 0.05) is 56.4 Å². The van der Waals surface area contributed by atoms with E-state index in [0.29, 0.717) is 60.7 Å². The van der Waals surface area contributed by atoms with Gasteiger partial charge < -0.3 is 9.80 Å². The summed E-state index contributed by atoms with van der Waals surface area (Å²) in [5.74, 6) is -0.353. The predicted molar refractivity (Wildman–Crippen MR) is 137 cm³/mol. The van der Waals surface area contributed by atoms with Crippen LogP contribution in [0.1, 0.15) is 7.85 Å². The van der Waals surface area contributed by atoms with Crippen LogP contribution in [0.3, 0.4) is 0 Å². The lowest BCUT2D eigenvalue weighted by Gasteiger charge is -2.38. The predicted octanol–water partition coefficient (Wildman–Crippen LogP) is 3.91. The van der Waals surface area contributed by atoms with Gasteiger partial charge in [0.05, 0.1) is 16.6 Å². The quantitative estimate of drug-likeness (QED) is 0.513. The fraction of sp³-hybridized carbons (Fsp3) is 0.304. The van der Waals surface area contributed by atoms with Crippen molar-refractivity contribution in [2.24, 2.45) is 0 Å². The van der Waals surface area contributed by atoms with Crippen molar-refractivity contribution in [1.29, 1.82) is 0 Å². The van der Waals surface area contributed by atoms with Gasteiger partial charge in [-0.1, -0.05) is 11.6 Å². The lowest BCUT2D eigenvalue weighted by atomic mass is 10.1. The Morgan fingerprint density at radius 3 is 2.49 bits per heavy atom. The number of sulfonamides is 1. The van der Waals surface area contributed by atoms with Gasteiger partial charge in [0.25, 0.3) is 10.0 Å². The third-order valence-electron chi connectivity index (χ3n) is 6.30. The van der Waals surface area contributed by atoms with Crippen LogP contribution in [-0.4, -0.2) is 63.0 Å². The SMILES string of the molecule is O=C1[C@@H](N2CCN(c3ccc(Cl)cc3F)CC2)CCN1c1ccc(S(=O)(=O)Nc2nccs2)cc1.[HH]. The Balaban J connectivity index is 0.00000304. The van der Waals surface area contributed by atoms with E-state index in [4.69, 9.17) is 11.6 Å². The number of nitrogens with one attached hydrogen (secondary N) is 1. The van der Waals surface area contributed by atoms with E-state index in [0.717, 1.165) is 0 Å². The molecule has 1 N–H and O–H groups in total. The summed E-state index contributed by atoms with van der Waals surface area (Å²) >= 11 is 7.06. The van der Waals surface area contributed by atoms with Crippen LogP contribution in [0.4, 0.5) is 20.9 Å². The molecule has 8 nitrogen and oxygen atoms in total. The molecule has 1 atom stereocenters. The average Bonchev–Trinajstić information content (AvgIpc) is 3.48. The largest absolute Gasteiger partial charge is 0.367 e. The summed E-state index contributed by atoms with van der Waals surface area (Å²) in [6.07, 6.45) is 2.21. The Morgan fingerprint density at radius 2 is 1.83 bits per heavy atom. The number of aromatic nitrogens is 1. The van der Waals surface area contributed by atoms with Crippen molar-refractivity contribution in [2.45, 2.75) is 17.4 Å². The number of benzene rings is 2. The first-order valence-electron chi connectivity index (χ1n) is 11.1. The molecule has 1 aromatic heterocycles. The molecule has 0 spiro atoms. The summed E-state index contributed by atoms with van der Waals surface area (Å²) in [7, 11) is -3.75. The smallest absolute Gasteiger partial charge is 0.263 e. The van der Waals surface area contributed by atoms with E-state index < -0.39 is 10.0 Å². The minimum absolute atomic E-state index is 0. The highest BCUT2D eigenvalue weighted by Gasteiger charge is 2.38. The number of anilines is 3. The molecular weight excluding hydrogens is 513 g/mol. The average molecular weight is 538 g/mol. The number of hydrogen-bond donors (Lipinski definition) is 1. The molecule has 0 unspecified atom stereocenters. The van der Waals surface area contributed by atoms with Gasteiger partial charge in [-0.2, -0.15) is 0 Å². The Morgan fingerprint density at radius 1 is 1.09 bits per heavy atom. The second-order valence-corrected chi connectivity index (χ2v) is 11.4. The summed E-state index contributed by atoms with van der Waals surface area (Å²) in [4.78, 5) is 23.1. The summed E-state index contributed by atoms with van der Waals surface area (Å²) < 4.78 is 41.8. The van der Waals surface area contributed by atoms with Crippen LogP contribution in [0.25, 0.3) is 0 Å². The molecule has 0 bridgehead atoms. The van der Waals surface area contributed by atoms with Crippen molar-refractivity contribution < 1.29 is 19.0 Å². The first kappa shape index (κ1) is 24.0. The zero-order valence-electron chi connectivity index (χ0n) is 18.6. The number of amides is 1. The molecule has 1 amide bonds. The first-order valence-corrected chi connectivity index (χ1v) is 13.8. The Hall–Kier alpha value is -2.73. The zero-order chi connectivity index (χ0) is 24.6. The minimum atomic E-state index is -3.75. The van der Waals surface area contributed by atoms with Gasteiger partial charge in [-0.25, -0.2) is 17.8 Å². The highest BCUT2D eigenvalue weighted by molar-refractivity contribution is 7.93. The molecule has 2 aliphatic rings. The van der Waals surface area contributed by atoms with Crippen molar-refractivity contribution in [1.82, 2.24) is 9.88 Å². The van der Waals surface area contributed by atoms with E-state index in [1.807, 2.05) is 4.90 Å². The molecule has 2 aliphatic heterocycles. The molecule has 2 fully saturated rings. The maximum absolute atomic E-state index is 14.3. The molecule has 186 valence electrons. The van der Waals surface area contributed by atoms with E-state index in [1.165, 1.54) is 35.7 Å². The summed E-state index contributed by atoms with van der Waals surface area (Å²) in [6, 6.07) is 10.7. The second-order valence-electron chi connectivity index (χ2n) is 8.35. The molecule has 0 aliphatic carbocycles. The molecule has 2 aromatic carbocycles. The van der Waals surface area contributed by atoms with E-state index >= 15 is 0 Å². The van der Waals surface area contributed by atoms with Gasteiger partial charge in [0.1, 0.15) is 5.82 Å². The van der Waals surface area contributed by atoms with E-state index in [9.17, 15) is 17.6 Å². The van der Waals surface area contributed by atoms with Crippen molar-refractivity contribution in [3.05, 3.63) is 64.9 Å². The molecule has 3 aromatic rings. The van der Waals surface area contributed by atoms with Crippen molar-refractivity contribution in [2.75, 3.05) is 47.2 Å². The minimum Gasteiger partial charge on any atom is -0.367 e. The van der Waals surface area contributed by atoms with Crippen LogP contribution in [0.15, 0.2) is 58.9 Å². The number of hydrogen-bond acceptors (Lipinski definition) is 7. The fourth-order valence-corrected chi connectivity index (χ4v) is 6.47. The van der Waals surface area contributed by atoms with Gasteiger partial charge in [0.15, 0.2) is 5.13 Å². The third-order valence-corrected chi connectivity index (χ3v) is 8.70. The Kier molecular flexibility index (Phi) is 6.67. The number of piperazine rings is 1. The first-order chi connectivity index (χ1) is 16.8. The van der Waals surface area contributed by atoms with Crippen LogP contribution in [0.2, 0.25) is 5.02 Å². The van der Waals surface area contributed by atoms with Gasteiger partial charge in [0.2, 0.25) is 5.91 Å². The summed E-state index contributed by atoms with van der Waals surface area (Å²) in [6.45, 7) is 3.07. The standard InChI is InChI=1S/C23H23ClFN5O3S2.H2/c24-16-1-6-20(19(25)15-16)28-10-12-29(13-11-28)21-7-9-30(22(21)31)17-2-4-18(5-3-17)35(32,33)27-23-26-8-14-34-23;/h1-6,8,14-15,21H,7,9-13H2,(H,26,27);1H/t21-;/m0./s1. The van der Waals surface area contributed by atoms with Crippen LogP contribution >= 0.6 is 22.9 Å². The van der Waals surface area contributed by atoms with E-state index in [1.54, 1.807) is 34.5 Å². The summed E-state index contributed by atoms with van der Waals surface area (Å²) in [5.41, 5.74) is 1.18. The van der Waals surface area contributed by atoms with E-state index in [2.05, 4.69) is 14.6 Å². The topological polar surface area (TPSA) is 85.9 Å². The fourth-order valence-electron chi connectivity index (χ4n) is 4.53. The van der Waals surface area contributed by atoms with Gasteiger partial charge in [-0.05, 0) is 48.9 Å². The molecule has 12 heteroatoms. The monoisotopic (exact) mass is 537 g/mol. The number of carbonyl (C=O) groups excluding carboxylic acids is 1. The molecule has 35 heavy (non-hydrogen) atoms. The maximum Gasteiger partial charge on any atom is 0.263 e. The van der Waals surface area contributed by atoms with Gasteiger partial charge in [-0.15, -0.1) is 11.3 Å².